The van der Waals surface area contributed by atoms with Crippen molar-refractivity contribution in [2.24, 2.45) is 11.3 Å². The first-order chi connectivity index (χ1) is 26.8. The Balaban J connectivity index is 1.58. The van der Waals surface area contributed by atoms with Gasteiger partial charge in [0, 0.05) is 36.9 Å². The molecular formula is C49H67NO5Si. The highest BCUT2D eigenvalue weighted by Crippen LogP contribution is 2.42. The van der Waals surface area contributed by atoms with Gasteiger partial charge in [-0.25, -0.2) is 0 Å². The van der Waals surface area contributed by atoms with E-state index in [9.17, 15) is 4.79 Å². The smallest absolute Gasteiger partial charge is 0.311 e. The summed E-state index contributed by atoms with van der Waals surface area (Å²) >= 11 is 0. The van der Waals surface area contributed by atoms with E-state index in [0.717, 1.165) is 49.8 Å². The average Bonchev–Trinajstić information content (AvgIpc) is 3.65. The monoisotopic (exact) mass is 777 g/mol. The van der Waals surface area contributed by atoms with Crippen molar-refractivity contribution in [3.05, 3.63) is 132 Å². The van der Waals surface area contributed by atoms with Crippen molar-refractivity contribution in [2.45, 2.75) is 129 Å². The lowest BCUT2D eigenvalue weighted by Gasteiger charge is -2.45. The summed E-state index contributed by atoms with van der Waals surface area (Å²) in [7, 11) is -1.06. The molecule has 1 aliphatic rings. The van der Waals surface area contributed by atoms with E-state index >= 15 is 0 Å². The van der Waals surface area contributed by atoms with E-state index in [1.807, 2.05) is 26.8 Å². The quantitative estimate of drug-likeness (QED) is 0.0740. The Labute approximate surface area is 338 Å². The van der Waals surface area contributed by atoms with Crippen LogP contribution in [0.2, 0.25) is 5.04 Å². The Morgan fingerprint density at radius 3 is 2.04 bits per heavy atom. The minimum absolute atomic E-state index is 0.0648. The van der Waals surface area contributed by atoms with Crippen LogP contribution in [0.5, 0.6) is 0 Å². The molecule has 4 aromatic rings. The molecule has 0 amide bonds. The van der Waals surface area contributed by atoms with Crippen LogP contribution in [-0.2, 0) is 36.5 Å². The number of nitrogens with one attached hydrogen (secondary N) is 1. The zero-order chi connectivity index (χ0) is 40.2. The van der Waals surface area contributed by atoms with Crippen LogP contribution in [0, 0.1) is 11.3 Å². The summed E-state index contributed by atoms with van der Waals surface area (Å²) in [6.07, 6.45) is 10.6. The second-order valence-electron chi connectivity index (χ2n) is 17.7. The molecule has 56 heavy (non-hydrogen) atoms. The SMILES string of the molecule is CO[C@H](CCOC(=O)C(C)(C)C)[C@H](OCc1ccccc1)[C@@H]1c2ccc([nH]2)CCCC/C=C/C[C@H]1C[C@H](C)O[Si](c1ccccc1)(c1ccccc1)C(C)(C)C. The van der Waals surface area contributed by atoms with Crippen LogP contribution in [0.15, 0.2) is 115 Å². The van der Waals surface area contributed by atoms with Crippen LogP contribution in [-0.4, -0.2) is 51.3 Å². The number of H-pyrrole nitrogens is 1. The summed E-state index contributed by atoms with van der Waals surface area (Å²) in [4.78, 5) is 16.7. The Hall–Kier alpha value is -3.75. The second-order valence-corrected chi connectivity index (χ2v) is 22.0. The number of aromatic nitrogens is 1. The number of aromatic amines is 1. The van der Waals surface area contributed by atoms with E-state index in [1.165, 1.54) is 16.1 Å². The van der Waals surface area contributed by atoms with Gasteiger partial charge in [0.1, 0.15) is 0 Å². The number of methoxy groups -OCH3 is 1. The third-order valence-corrected chi connectivity index (χ3v) is 16.5. The summed E-state index contributed by atoms with van der Waals surface area (Å²) in [6, 6.07) is 36.7. The van der Waals surface area contributed by atoms with Crippen molar-refractivity contribution in [3.8, 4) is 0 Å². The summed E-state index contributed by atoms with van der Waals surface area (Å²) in [5.41, 5.74) is 2.92. The number of ether oxygens (including phenoxy) is 3. The van der Waals surface area contributed by atoms with Gasteiger partial charge in [0.25, 0.3) is 8.32 Å². The molecule has 7 heteroatoms. The van der Waals surface area contributed by atoms with Gasteiger partial charge in [-0.05, 0) is 105 Å². The Bertz CT molecular complexity index is 1740. The van der Waals surface area contributed by atoms with Crippen molar-refractivity contribution in [2.75, 3.05) is 13.7 Å². The van der Waals surface area contributed by atoms with Gasteiger partial charge in [-0.3, -0.25) is 4.79 Å². The number of benzene rings is 3. The molecule has 3 aromatic carbocycles. The normalized spacial score (nSPS) is 19.2. The maximum atomic E-state index is 12.9. The first-order valence-electron chi connectivity index (χ1n) is 20.8. The highest BCUT2D eigenvalue weighted by atomic mass is 28.4. The fraction of sp³-hybridized carbons (Fsp3) is 0.490. The summed E-state index contributed by atoms with van der Waals surface area (Å²) in [6.45, 7) is 15.7. The Kier molecular flexibility index (Phi) is 15.6. The molecule has 0 radical (unpaired) electrons. The predicted octanol–water partition coefficient (Wildman–Crippen LogP) is 10.3. The van der Waals surface area contributed by atoms with E-state index in [1.54, 1.807) is 7.11 Å². The molecule has 0 aliphatic carbocycles. The van der Waals surface area contributed by atoms with Gasteiger partial charge in [-0.2, -0.15) is 0 Å². The summed E-state index contributed by atoms with van der Waals surface area (Å²) < 4.78 is 27.0. The van der Waals surface area contributed by atoms with Gasteiger partial charge in [-0.1, -0.05) is 124 Å². The number of esters is 1. The molecule has 0 saturated heterocycles. The average molecular weight is 778 g/mol. The molecule has 1 aromatic heterocycles. The molecule has 1 aliphatic heterocycles. The van der Waals surface area contributed by atoms with Crippen LogP contribution in [0.1, 0.15) is 110 Å². The summed E-state index contributed by atoms with van der Waals surface area (Å²) in [5.74, 6) is -0.141. The molecule has 0 fully saturated rings. The van der Waals surface area contributed by atoms with Gasteiger partial charge in [0.2, 0.25) is 0 Å². The van der Waals surface area contributed by atoms with Crippen LogP contribution in [0.3, 0.4) is 0 Å². The van der Waals surface area contributed by atoms with E-state index < -0.39 is 13.7 Å². The number of rotatable bonds is 15. The third-order valence-electron chi connectivity index (χ3n) is 11.3. The lowest BCUT2D eigenvalue weighted by atomic mass is 9.77. The molecule has 2 bridgehead atoms. The lowest BCUT2D eigenvalue weighted by molar-refractivity contribution is -0.155. The zero-order valence-corrected chi connectivity index (χ0v) is 36.3. The third kappa shape index (κ3) is 11.2. The maximum absolute atomic E-state index is 12.9. The molecule has 1 N–H and O–H groups in total. The van der Waals surface area contributed by atoms with Gasteiger partial charge in [0.05, 0.1) is 30.8 Å². The first-order valence-corrected chi connectivity index (χ1v) is 22.7. The van der Waals surface area contributed by atoms with Crippen molar-refractivity contribution in [3.63, 3.8) is 0 Å². The molecule has 0 spiro atoms. The molecule has 0 saturated carbocycles. The van der Waals surface area contributed by atoms with Crippen molar-refractivity contribution in [1.29, 1.82) is 0 Å². The first kappa shape index (κ1) is 43.4. The minimum Gasteiger partial charge on any atom is -0.465 e. The molecule has 0 unspecified atom stereocenters. The van der Waals surface area contributed by atoms with Crippen LogP contribution < -0.4 is 10.4 Å². The molecule has 5 rings (SSSR count). The number of hydrogen-bond donors (Lipinski definition) is 1. The van der Waals surface area contributed by atoms with E-state index in [-0.39, 0.29) is 47.8 Å². The fourth-order valence-corrected chi connectivity index (χ4v) is 13.1. The number of fused-ring (bicyclic) bond motifs is 2. The second kappa shape index (κ2) is 20.1. The van der Waals surface area contributed by atoms with Crippen molar-refractivity contribution < 1.29 is 23.4 Å². The number of allylic oxidation sites excluding steroid dienone is 2. The number of carbonyl (C=O) groups excluding carboxylic acids is 1. The molecular weight excluding hydrogens is 711 g/mol. The van der Waals surface area contributed by atoms with Gasteiger partial charge in [-0.15, -0.1) is 0 Å². The fourth-order valence-electron chi connectivity index (χ4n) is 8.43. The Morgan fingerprint density at radius 1 is 0.821 bits per heavy atom. The van der Waals surface area contributed by atoms with Crippen molar-refractivity contribution in [1.82, 2.24) is 4.98 Å². The number of aryl methyl sites for hydroxylation is 1. The highest BCUT2D eigenvalue weighted by molar-refractivity contribution is 6.99. The molecule has 302 valence electrons. The van der Waals surface area contributed by atoms with Crippen LogP contribution in [0.25, 0.3) is 0 Å². The van der Waals surface area contributed by atoms with E-state index in [4.69, 9.17) is 18.6 Å². The minimum atomic E-state index is -2.81. The standard InChI is InChI=1S/C49H67NO5Si/c1-37(55-56(49(5,6)7,41-27-19-13-20-28-41)42-29-21-14-22-30-42)35-39-25-17-10-9-11-18-26-40-31-32-43(50-40)45(39)46(54-36-38-23-15-12-16-24-38)44(52-8)33-34-53-47(51)48(2,3)4/h10,12-17,19-24,27-32,37,39,44-46,50H,9,11,18,25-26,33-36H2,1-8H3/b17-10+/t37-,39-,44+,45-,46-/m0/s1. The van der Waals surface area contributed by atoms with E-state index in [2.05, 4.69) is 142 Å². The topological polar surface area (TPSA) is 69.8 Å². The van der Waals surface area contributed by atoms with Crippen LogP contribution in [0.4, 0.5) is 0 Å². The molecule has 5 atom stereocenters. The Morgan fingerprint density at radius 2 is 1.45 bits per heavy atom. The van der Waals surface area contributed by atoms with Gasteiger partial charge >= 0.3 is 5.97 Å². The lowest BCUT2D eigenvalue weighted by Crippen LogP contribution is -2.67. The highest BCUT2D eigenvalue weighted by Gasteiger charge is 2.51. The van der Waals surface area contributed by atoms with E-state index in [0.29, 0.717) is 13.0 Å². The van der Waals surface area contributed by atoms with Crippen molar-refractivity contribution >= 4 is 24.7 Å². The van der Waals surface area contributed by atoms with Gasteiger partial charge < -0.3 is 23.6 Å². The predicted molar refractivity (Wildman–Crippen MR) is 232 cm³/mol. The largest absolute Gasteiger partial charge is 0.465 e. The molecule has 6 nitrogen and oxygen atoms in total. The molecule has 2 heterocycles. The summed E-state index contributed by atoms with van der Waals surface area (Å²) in [5, 5.41) is 2.42. The number of hydrogen-bond acceptors (Lipinski definition) is 5. The maximum Gasteiger partial charge on any atom is 0.311 e. The zero-order valence-electron chi connectivity index (χ0n) is 35.3. The number of carbonyl (C=O) groups is 1. The van der Waals surface area contributed by atoms with Crippen LogP contribution >= 0.6 is 0 Å². The van der Waals surface area contributed by atoms with Gasteiger partial charge in [0.15, 0.2) is 0 Å².